The summed E-state index contributed by atoms with van der Waals surface area (Å²) < 4.78 is 39.7. The van der Waals surface area contributed by atoms with Gasteiger partial charge in [-0.1, -0.05) is 0 Å². The van der Waals surface area contributed by atoms with E-state index in [1.54, 1.807) is 6.92 Å². The first kappa shape index (κ1) is 18.5. The predicted molar refractivity (Wildman–Crippen MR) is 78.6 cm³/mol. The largest absolute Gasteiger partial charge is 0.477 e. The van der Waals surface area contributed by atoms with Crippen molar-refractivity contribution in [3.8, 4) is 0 Å². The molecule has 2 aromatic heterocycles. The molecule has 0 aliphatic heterocycles. The molecule has 2 aromatic rings. The number of rotatable bonds is 7. The van der Waals surface area contributed by atoms with Gasteiger partial charge in [0, 0.05) is 24.9 Å². The fraction of sp³-hybridized carbons (Fsp3) is 0.429. The van der Waals surface area contributed by atoms with Crippen molar-refractivity contribution >= 4 is 11.9 Å². The van der Waals surface area contributed by atoms with Crippen molar-refractivity contribution in [1.29, 1.82) is 0 Å². The van der Waals surface area contributed by atoms with Crippen LogP contribution in [0.15, 0.2) is 24.5 Å². The summed E-state index contributed by atoms with van der Waals surface area (Å²) in [7, 11) is 0. The number of aryl methyl sites for hydroxylation is 1. The van der Waals surface area contributed by atoms with Crippen molar-refractivity contribution in [1.82, 2.24) is 24.9 Å². The average molecular weight is 359 g/mol. The zero-order valence-corrected chi connectivity index (χ0v) is 13.2. The van der Waals surface area contributed by atoms with E-state index < -0.39 is 23.9 Å². The van der Waals surface area contributed by atoms with Crippen LogP contribution in [0.1, 0.15) is 29.5 Å². The summed E-state index contributed by atoms with van der Waals surface area (Å²) in [6.07, 6.45) is -2.02. The lowest BCUT2D eigenvalue weighted by atomic mass is 10.3. The second-order valence-corrected chi connectivity index (χ2v) is 5.38. The number of carboxylic acids is 1. The smallest absolute Gasteiger partial charge is 0.435 e. The quantitative estimate of drug-likeness (QED) is 0.778. The monoisotopic (exact) mass is 359 g/mol. The normalized spacial score (nSPS) is 12.8. The van der Waals surface area contributed by atoms with Gasteiger partial charge in [-0.3, -0.25) is 14.2 Å². The van der Waals surface area contributed by atoms with Gasteiger partial charge < -0.3 is 10.4 Å². The van der Waals surface area contributed by atoms with Crippen LogP contribution < -0.4 is 5.32 Å². The molecule has 2 heterocycles. The van der Waals surface area contributed by atoms with Crippen LogP contribution in [0.4, 0.5) is 13.2 Å². The molecule has 0 saturated heterocycles. The fourth-order valence-electron chi connectivity index (χ4n) is 2.19. The topological polar surface area (TPSA) is 102 Å². The number of halogens is 3. The SMILES string of the molecule is CC(Cn1ccc(C(F)(F)F)n1)NC(=O)CCn1nccc1C(=O)O. The molecule has 2 rings (SSSR count). The van der Waals surface area contributed by atoms with Gasteiger partial charge in [-0.2, -0.15) is 23.4 Å². The number of nitrogens with one attached hydrogen (secondary N) is 1. The van der Waals surface area contributed by atoms with Gasteiger partial charge in [0.1, 0.15) is 5.69 Å². The van der Waals surface area contributed by atoms with Crippen LogP contribution in [0.5, 0.6) is 0 Å². The second kappa shape index (κ2) is 7.36. The maximum atomic E-state index is 12.5. The number of aromatic nitrogens is 4. The molecule has 0 aliphatic carbocycles. The van der Waals surface area contributed by atoms with Gasteiger partial charge in [-0.25, -0.2) is 4.79 Å². The summed E-state index contributed by atoms with van der Waals surface area (Å²) in [4.78, 5) is 22.8. The average Bonchev–Trinajstić information content (AvgIpc) is 3.12. The van der Waals surface area contributed by atoms with Crippen LogP contribution in [-0.4, -0.2) is 42.6 Å². The van der Waals surface area contributed by atoms with Crippen LogP contribution >= 0.6 is 0 Å². The molecule has 0 saturated carbocycles. The van der Waals surface area contributed by atoms with Gasteiger partial charge in [0.25, 0.3) is 0 Å². The lowest BCUT2D eigenvalue weighted by Crippen LogP contribution is -2.36. The first-order valence-electron chi connectivity index (χ1n) is 7.32. The Morgan fingerprint density at radius 1 is 1.36 bits per heavy atom. The molecule has 0 radical (unpaired) electrons. The molecular weight excluding hydrogens is 343 g/mol. The number of alkyl halides is 3. The molecule has 0 aliphatic rings. The molecular formula is C14H16F3N5O3. The van der Waals surface area contributed by atoms with Crippen LogP contribution in [0, 0.1) is 0 Å². The number of carbonyl (C=O) groups is 2. The highest BCUT2D eigenvalue weighted by Gasteiger charge is 2.33. The summed E-state index contributed by atoms with van der Waals surface area (Å²) in [6.45, 7) is 1.78. The zero-order chi connectivity index (χ0) is 18.6. The number of hydrogen-bond acceptors (Lipinski definition) is 4. The fourth-order valence-corrected chi connectivity index (χ4v) is 2.19. The maximum absolute atomic E-state index is 12.5. The minimum atomic E-state index is -4.51. The van der Waals surface area contributed by atoms with E-state index in [0.717, 1.165) is 10.7 Å². The highest BCUT2D eigenvalue weighted by molar-refractivity contribution is 5.85. The first-order valence-corrected chi connectivity index (χ1v) is 7.32. The van der Waals surface area contributed by atoms with Crippen molar-refractivity contribution in [3.63, 3.8) is 0 Å². The Morgan fingerprint density at radius 3 is 2.68 bits per heavy atom. The predicted octanol–water partition coefficient (Wildman–Crippen LogP) is 1.39. The van der Waals surface area contributed by atoms with E-state index in [-0.39, 0.29) is 31.1 Å². The summed E-state index contributed by atoms with van der Waals surface area (Å²) in [5.74, 6) is -1.52. The number of aromatic carboxylic acids is 1. The zero-order valence-electron chi connectivity index (χ0n) is 13.2. The summed E-state index contributed by atoms with van der Waals surface area (Å²) >= 11 is 0. The van der Waals surface area contributed by atoms with Crippen LogP contribution in [0.3, 0.4) is 0 Å². The van der Waals surface area contributed by atoms with Crippen molar-refractivity contribution < 1.29 is 27.9 Å². The molecule has 136 valence electrons. The molecule has 2 N–H and O–H groups in total. The molecule has 1 amide bonds. The van der Waals surface area contributed by atoms with Gasteiger partial charge in [-0.15, -0.1) is 0 Å². The van der Waals surface area contributed by atoms with E-state index in [1.165, 1.54) is 23.1 Å². The third-order valence-corrected chi connectivity index (χ3v) is 3.29. The highest BCUT2D eigenvalue weighted by Crippen LogP contribution is 2.27. The molecule has 0 aromatic carbocycles. The van der Waals surface area contributed by atoms with Gasteiger partial charge in [0.05, 0.1) is 13.1 Å². The number of hydrogen-bond donors (Lipinski definition) is 2. The summed E-state index contributed by atoms with van der Waals surface area (Å²) in [5.41, 5.74) is -1.03. The van der Waals surface area contributed by atoms with Gasteiger partial charge in [0.15, 0.2) is 5.69 Å². The van der Waals surface area contributed by atoms with Gasteiger partial charge in [0.2, 0.25) is 5.91 Å². The molecule has 1 atom stereocenters. The minimum Gasteiger partial charge on any atom is -0.477 e. The van der Waals surface area contributed by atoms with Crippen molar-refractivity contribution in [2.75, 3.05) is 0 Å². The van der Waals surface area contributed by atoms with E-state index in [9.17, 15) is 22.8 Å². The molecule has 8 nitrogen and oxygen atoms in total. The molecule has 0 bridgehead atoms. The van der Waals surface area contributed by atoms with Crippen LogP contribution in [-0.2, 0) is 24.1 Å². The Bertz CT molecular complexity index is 753. The number of carbonyl (C=O) groups excluding carboxylic acids is 1. The number of carboxylic acid groups (broad SMARTS) is 1. The Hall–Kier alpha value is -2.85. The van der Waals surface area contributed by atoms with Crippen LogP contribution in [0.2, 0.25) is 0 Å². The number of nitrogens with zero attached hydrogens (tertiary/aromatic N) is 4. The van der Waals surface area contributed by atoms with Gasteiger partial charge in [-0.05, 0) is 19.1 Å². The van der Waals surface area contributed by atoms with E-state index in [0.29, 0.717) is 0 Å². The van der Waals surface area contributed by atoms with Crippen molar-refractivity contribution in [2.24, 2.45) is 0 Å². The molecule has 0 fully saturated rings. The van der Waals surface area contributed by atoms with Crippen LogP contribution in [0.25, 0.3) is 0 Å². The third-order valence-electron chi connectivity index (χ3n) is 3.29. The van der Waals surface area contributed by atoms with Crippen molar-refractivity contribution in [2.45, 2.75) is 38.7 Å². The summed E-state index contributed by atoms with van der Waals surface area (Å²) in [5, 5.41) is 18.8. The second-order valence-electron chi connectivity index (χ2n) is 5.38. The minimum absolute atomic E-state index is 0.0147. The van der Waals surface area contributed by atoms with Crippen molar-refractivity contribution in [3.05, 3.63) is 35.9 Å². The molecule has 0 spiro atoms. The van der Waals surface area contributed by atoms with E-state index in [2.05, 4.69) is 15.5 Å². The third kappa shape index (κ3) is 5.06. The number of amides is 1. The molecule has 1 unspecified atom stereocenters. The summed E-state index contributed by atoms with van der Waals surface area (Å²) in [6, 6.07) is 1.73. The Balaban J connectivity index is 1.83. The Morgan fingerprint density at radius 2 is 2.08 bits per heavy atom. The lowest BCUT2D eigenvalue weighted by Gasteiger charge is -2.14. The Labute approximate surface area is 140 Å². The maximum Gasteiger partial charge on any atom is 0.435 e. The lowest BCUT2D eigenvalue weighted by molar-refractivity contribution is -0.141. The van der Waals surface area contributed by atoms with E-state index in [4.69, 9.17) is 5.11 Å². The molecule has 11 heteroatoms. The van der Waals surface area contributed by atoms with E-state index >= 15 is 0 Å². The first-order chi connectivity index (χ1) is 11.7. The molecule has 25 heavy (non-hydrogen) atoms. The van der Waals surface area contributed by atoms with E-state index in [1.807, 2.05) is 0 Å². The van der Waals surface area contributed by atoms with Gasteiger partial charge >= 0.3 is 12.1 Å². The standard InChI is InChI=1S/C14H16F3N5O3/c1-9(8-21-6-3-11(20-21)14(15,16)17)19-12(23)4-7-22-10(13(24)25)2-5-18-22/h2-3,5-6,9H,4,7-8H2,1H3,(H,19,23)(H,24,25). The highest BCUT2D eigenvalue weighted by atomic mass is 19.4. The Kier molecular flexibility index (Phi) is 5.45.